The third-order valence-electron chi connectivity index (χ3n) is 5.32. The summed E-state index contributed by atoms with van der Waals surface area (Å²) in [6.45, 7) is 2.25. The summed E-state index contributed by atoms with van der Waals surface area (Å²) in [5.41, 5.74) is 0. The van der Waals surface area contributed by atoms with E-state index < -0.39 is 0 Å². The lowest BCUT2D eigenvalue weighted by Gasteiger charge is -2.22. The van der Waals surface area contributed by atoms with Crippen molar-refractivity contribution in [2.45, 2.75) is 122 Å². The van der Waals surface area contributed by atoms with Gasteiger partial charge in [0.25, 0.3) is 0 Å². The monoisotopic (exact) mass is 361 g/mol. The average Bonchev–Trinajstić information content (AvgIpc) is 2.65. The maximum atomic E-state index is 11.9. The van der Waals surface area contributed by atoms with E-state index in [0.717, 1.165) is 19.3 Å². The van der Waals surface area contributed by atoms with E-state index in [-0.39, 0.29) is 5.91 Å². The molecule has 0 heterocycles. The zero-order valence-corrected chi connectivity index (χ0v) is 17.3. The van der Waals surface area contributed by atoms with Gasteiger partial charge >= 0.3 is 0 Å². The van der Waals surface area contributed by atoms with Crippen LogP contribution in [-0.2, 0) is 4.79 Å². The van der Waals surface area contributed by atoms with Gasteiger partial charge in [-0.3, -0.25) is 4.79 Å². The van der Waals surface area contributed by atoms with E-state index in [2.05, 4.69) is 36.5 Å². The van der Waals surface area contributed by atoms with Crippen LogP contribution in [0.2, 0.25) is 0 Å². The maximum Gasteiger partial charge on any atom is 0.220 e. The van der Waals surface area contributed by atoms with Gasteiger partial charge in [0.05, 0.1) is 0 Å². The molecule has 0 atom stereocenters. The van der Waals surface area contributed by atoms with Gasteiger partial charge in [0.1, 0.15) is 0 Å². The molecule has 2 nitrogen and oxygen atoms in total. The van der Waals surface area contributed by atoms with Gasteiger partial charge in [-0.15, -0.1) is 0 Å². The second-order valence-electron chi connectivity index (χ2n) is 7.88. The van der Waals surface area contributed by atoms with Crippen LogP contribution in [0.1, 0.15) is 116 Å². The van der Waals surface area contributed by atoms with Crippen molar-refractivity contribution in [2.24, 2.45) is 0 Å². The summed E-state index contributed by atoms with van der Waals surface area (Å²) in [6.07, 6.45) is 29.9. The van der Waals surface area contributed by atoms with Crippen LogP contribution in [0.25, 0.3) is 0 Å². The third-order valence-corrected chi connectivity index (χ3v) is 5.32. The molecule has 0 aromatic heterocycles. The van der Waals surface area contributed by atoms with Gasteiger partial charge in [-0.1, -0.05) is 82.6 Å². The molecule has 1 rings (SSSR count). The highest BCUT2D eigenvalue weighted by atomic mass is 16.1. The van der Waals surface area contributed by atoms with Crippen LogP contribution in [0, 0.1) is 0 Å². The Morgan fingerprint density at radius 1 is 0.808 bits per heavy atom. The van der Waals surface area contributed by atoms with Gasteiger partial charge in [0.15, 0.2) is 0 Å². The molecule has 0 unspecified atom stereocenters. The molecular weight excluding hydrogens is 318 g/mol. The Bertz CT molecular complexity index is 380. The first-order chi connectivity index (χ1) is 12.8. The summed E-state index contributed by atoms with van der Waals surface area (Å²) in [5, 5.41) is 3.21. The normalized spacial score (nSPS) is 15.9. The first-order valence-corrected chi connectivity index (χ1v) is 11.4. The Morgan fingerprint density at radius 3 is 2.12 bits per heavy atom. The first-order valence-electron chi connectivity index (χ1n) is 11.4. The van der Waals surface area contributed by atoms with E-state index in [9.17, 15) is 4.79 Å². The largest absolute Gasteiger partial charge is 0.353 e. The lowest BCUT2D eigenvalue weighted by atomic mass is 9.95. The van der Waals surface area contributed by atoms with E-state index >= 15 is 0 Å². The zero-order chi connectivity index (χ0) is 18.7. The van der Waals surface area contributed by atoms with Crippen LogP contribution in [0.5, 0.6) is 0 Å². The molecule has 0 aromatic carbocycles. The van der Waals surface area contributed by atoms with Gasteiger partial charge in [-0.25, -0.2) is 0 Å². The highest BCUT2D eigenvalue weighted by molar-refractivity contribution is 5.76. The van der Waals surface area contributed by atoms with Crippen molar-refractivity contribution < 1.29 is 4.79 Å². The summed E-state index contributed by atoms with van der Waals surface area (Å²) < 4.78 is 0. The average molecular weight is 362 g/mol. The minimum Gasteiger partial charge on any atom is -0.353 e. The van der Waals surface area contributed by atoms with Crippen molar-refractivity contribution in [3.8, 4) is 0 Å². The molecule has 0 aromatic rings. The van der Waals surface area contributed by atoms with Crippen LogP contribution >= 0.6 is 0 Å². The summed E-state index contributed by atoms with van der Waals surface area (Å²) in [7, 11) is 0. The number of carbonyl (C=O) groups is 1. The Hall–Kier alpha value is -1.05. The van der Waals surface area contributed by atoms with E-state index in [1.54, 1.807) is 0 Å². The van der Waals surface area contributed by atoms with Crippen LogP contribution < -0.4 is 5.32 Å². The fraction of sp³-hybridized carbons (Fsp3) is 0.792. The number of hydrogen-bond acceptors (Lipinski definition) is 1. The molecule has 1 N–H and O–H groups in total. The van der Waals surface area contributed by atoms with E-state index in [0.29, 0.717) is 6.04 Å². The maximum absolute atomic E-state index is 11.9. The fourth-order valence-electron chi connectivity index (χ4n) is 3.64. The second-order valence-corrected chi connectivity index (χ2v) is 7.88. The van der Waals surface area contributed by atoms with E-state index in [1.165, 1.54) is 89.9 Å². The predicted octanol–water partition coefficient (Wildman–Crippen LogP) is 7.25. The van der Waals surface area contributed by atoms with Gasteiger partial charge in [-0.2, -0.15) is 0 Å². The molecule has 0 saturated heterocycles. The topological polar surface area (TPSA) is 29.1 Å². The molecule has 0 aliphatic heterocycles. The number of carbonyl (C=O) groups excluding carboxylic acids is 1. The molecular formula is C24H43NO. The highest BCUT2D eigenvalue weighted by Crippen LogP contribution is 2.17. The molecule has 0 radical (unpaired) electrons. The molecule has 2 heteroatoms. The van der Waals surface area contributed by atoms with E-state index in [4.69, 9.17) is 0 Å². The van der Waals surface area contributed by atoms with Crippen molar-refractivity contribution in [3.63, 3.8) is 0 Å². The number of unbranched alkanes of at least 4 members (excludes halogenated alkanes) is 8. The molecule has 0 spiro atoms. The van der Waals surface area contributed by atoms with Gasteiger partial charge in [-0.05, 0) is 51.4 Å². The quantitative estimate of drug-likeness (QED) is 0.241. The van der Waals surface area contributed by atoms with Crippen molar-refractivity contribution in [2.75, 3.05) is 0 Å². The van der Waals surface area contributed by atoms with Gasteiger partial charge < -0.3 is 5.32 Å². The minimum atomic E-state index is 0.280. The van der Waals surface area contributed by atoms with Gasteiger partial charge in [0, 0.05) is 12.5 Å². The van der Waals surface area contributed by atoms with Gasteiger partial charge in [0.2, 0.25) is 5.91 Å². The lowest BCUT2D eigenvalue weighted by molar-refractivity contribution is -0.122. The summed E-state index contributed by atoms with van der Waals surface area (Å²) >= 11 is 0. The Labute approximate surface area is 162 Å². The Morgan fingerprint density at radius 2 is 1.42 bits per heavy atom. The summed E-state index contributed by atoms with van der Waals surface area (Å²) in [6, 6.07) is 0.467. The molecule has 1 aliphatic rings. The fourth-order valence-corrected chi connectivity index (χ4v) is 3.64. The molecule has 1 saturated carbocycles. The van der Waals surface area contributed by atoms with Crippen LogP contribution in [-0.4, -0.2) is 11.9 Å². The van der Waals surface area contributed by atoms with Crippen LogP contribution in [0.4, 0.5) is 0 Å². The molecule has 1 amide bonds. The smallest absolute Gasteiger partial charge is 0.220 e. The molecule has 1 fully saturated rings. The summed E-state index contributed by atoms with van der Waals surface area (Å²) in [5.74, 6) is 0.280. The van der Waals surface area contributed by atoms with E-state index in [1.807, 2.05) is 0 Å². The number of amides is 1. The Kier molecular flexibility index (Phi) is 15.4. The first kappa shape index (κ1) is 23.0. The van der Waals surface area contributed by atoms with Crippen molar-refractivity contribution in [3.05, 3.63) is 24.3 Å². The number of hydrogen-bond donors (Lipinski definition) is 1. The SMILES string of the molecule is CCCCCC=CCC=CCCCCCCCC(=O)NC1CCCCC1. The van der Waals surface area contributed by atoms with Crippen LogP contribution in [0.3, 0.4) is 0 Å². The predicted molar refractivity (Wildman–Crippen MR) is 114 cm³/mol. The number of nitrogens with one attached hydrogen (secondary N) is 1. The standard InChI is InChI=1S/C24H43NO/c1-2-3-4-5-6-7-8-9-10-11-12-13-14-15-19-22-24(26)25-23-20-17-16-18-21-23/h6-7,9-10,23H,2-5,8,11-22H2,1H3,(H,25,26). The number of rotatable bonds is 15. The lowest BCUT2D eigenvalue weighted by Crippen LogP contribution is -2.35. The minimum absolute atomic E-state index is 0.280. The Balaban J connectivity index is 1.82. The molecule has 1 aliphatic carbocycles. The highest BCUT2D eigenvalue weighted by Gasteiger charge is 2.14. The molecule has 0 bridgehead atoms. The van der Waals surface area contributed by atoms with Crippen molar-refractivity contribution in [1.29, 1.82) is 0 Å². The molecule has 26 heavy (non-hydrogen) atoms. The third kappa shape index (κ3) is 14.2. The zero-order valence-electron chi connectivity index (χ0n) is 17.3. The van der Waals surface area contributed by atoms with Crippen molar-refractivity contribution in [1.82, 2.24) is 5.32 Å². The number of allylic oxidation sites excluding steroid dienone is 4. The molecule has 150 valence electrons. The second kappa shape index (κ2) is 17.4. The summed E-state index contributed by atoms with van der Waals surface area (Å²) in [4.78, 5) is 11.9. The van der Waals surface area contributed by atoms with Crippen molar-refractivity contribution >= 4 is 5.91 Å². The van der Waals surface area contributed by atoms with Crippen LogP contribution in [0.15, 0.2) is 24.3 Å².